The highest BCUT2D eigenvalue weighted by Crippen LogP contribution is 2.36. The van der Waals surface area contributed by atoms with E-state index in [1.54, 1.807) is 7.05 Å². The lowest BCUT2D eigenvalue weighted by Crippen LogP contribution is -2.55. The van der Waals surface area contributed by atoms with Gasteiger partial charge in [-0.15, -0.1) is 0 Å². The summed E-state index contributed by atoms with van der Waals surface area (Å²) in [5.74, 6) is -0.925. The molecule has 6 nitrogen and oxygen atoms in total. The molecule has 2 aromatic carbocycles. The van der Waals surface area contributed by atoms with Gasteiger partial charge in [-0.05, 0) is 42.7 Å². The first-order chi connectivity index (χ1) is 15.5. The predicted octanol–water partition coefficient (Wildman–Crippen LogP) is 3.61. The summed E-state index contributed by atoms with van der Waals surface area (Å²) in [4.78, 5) is 29.7. The topological polar surface area (TPSA) is 61.9 Å². The number of carbonyl (C=O) groups is 2. The van der Waals surface area contributed by atoms with E-state index in [0.29, 0.717) is 18.3 Å². The highest BCUT2D eigenvalue weighted by Gasteiger charge is 2.42. The molecule has 1 saturated carbocycles. The number of amides is 2. The van der Waals surface area contributed by atoms with Crippen LogP contribution in [0.4, 0.5) is 10.1 Å². The molecule has 0 bridgehead atoms. The van der Waals surface area contributed by atoms with Gasteiger partial charge in [-0.25, -0.2) is 4.39 Å². The van der Waals surface area contributed by atoms with Crippen molar-refractivity contribution in [3.8, 4) is 0 Å². The monoisotopic (exact) mass is 439 g/mol. The highest BCUT2D eigenvalue weighted by molar-refractivity contribution is 5.95. The molecule has 0 unspecified atom stereocenters. The van der Waals surface area contributed by atoms with Gasteiger partial charge in [-0.3, -0.25) is 14.5 Å². The Kier molecular flexibility index (Phi) is 7.17. The average Bonchev–Trinajstić information content (AvgIpc) is 3.35. The van der Waals surface area contributed by atoms with Crippen molar-refractivity contribution in [3.05, 3.63) is 66.0 Å². The summed E-state index contributed by atoms with van der Waals surface area (Å²) in [5.41, 5.74) is 1.54. The average molecular weight is 440 g/mol. The molecule has 2 atom stereocenters. The number of likely N-dealkylation sites (N-methyl/N-ethyl adjacent to an activating group) is 1. The predicted molar refractivity (Wildman–Crippen MR) is 121 cm³/mol. The van der Waals surface area contributed by atoms with E-state index in [2.05, 4.69) is 10.2 Å². The molecule has 2 fully saturated rings. The number of nitrogens with one attached hydrogen (secondary N) is 1. The fourth-order valence-corrected chi connectivity index (χ4v) is 4.80. The van der Waals surface area contributed by atoms with E-state index in [0.717, 1.165) is 24.9 Å². The Morgan fingerprint density at radius 3 is 2.47 bits per heavy atom. The summed E-state index contributed by atoms with van der Waals surface area (Å²) in [6, 6.07) is 15.8. The standard InChI is InChI=1S/C25H30FN3O3/c1-28(17-22(30)27-20-13-11-19(26)12-14-20)25(31)24-23(18-7-3-2-4-8-18)29(15-16-32-24)21-9-5-6-10-21/h2-4,7-8,11-14,21,23-24H,5-6,9-10,15-17H2,1H3,(H,27,30)/t23-,24+/m0/s1. The molecule has 170 valence electrons. The van der Waals surface area contributed by atoms with Crippen LogP contribution in [-0.4, -0.2) is 60.5 Å². The van der Waals surface area contributed by atoms with Crippen molar-refractivity contribution >= 4 is 17.5 Å². The molecule has 2 aromatic rings. The normalized spacial score (nSPS) is 21.9. The third-order valence-corrected chi connectivity index (χ3v) is 6.35. The Morgan fingerprint density at radius 2 is 1.78 bits per heavy atom. The molecule has 1 heterocycles. The summed E-state index contributed by atoms with van der Waals surface area (Å²) >= 11 is 0. The molecule has 1 aliphatic heterocycles. The minimum absolute atomic E-state index is 0.110. The number of hydrogen-bond donors (Lipinski definition) is 1. The molecular formula is C25H30FN3O3. The number of halogens is 1. The minimum Gasteiger partial charge on any atom is -0.365 e. The van der Waals surface area contributed by atoms with E-state index in [9.17, 15) is 14.0 Å². The third-order valence-electron chi connectivity index (χ3n) is 6.35. The van der Waals surface area contributed by atoms with E-state index in [4.69, 9.17) is 4.74 Å². The molecular weight excluding hydrogens is 409 g/mol. The SMILES string of the molecule is CN(CC(=O)Nc1ccc(F)cc1)C(=O)[C@@H]1OCCN(C2CCCC2)[C@H]1c1ccccc1. The van der Waals surface area contributed by atoms with Gasteiger partial charge in [0.2, 0.25) is 5.91 Å². The largest absolute Gasteiger partial charge is 0.365 e. The number of anilines is 1. The molecule has 0 aromatic heterocycles. The quantitative estimate of drug-likeness (QED) is 0.747. The molecule has 1 aliphatic carbocycles. The summed E-state index contributed by atoms with van der Waals surface area (Å²) in [6.07, 6.45) is 4.03. The fraction of sp³-hybridized carbons (Fsp3) is 0.440. The van der Waals surface area contributed by atoms with Gasteiger partial charge >= 0.3 is 0 Å². The lowest BCUT2D eigenvalue weighted by Gasteiger charge is -2.44. The third kappa shape index (κ3) is 5.16. The van der Waals surface area contributed by atoms with E-state index in [1.165, 1.54) is 42.0 Å². The summed E-state index contributed by atoms with van der Waals surface area (Å²) in [7, 11) is 1.62. The van der Waals surface area contributed by atoms with Crippen LogP contribution in [-0.2, 0) is 14.3 Å². The Hall–Kier alpha value is -2.77. The number of morpholine rings is 1. The van der Waals surface area contributed by atoms with Crippen LogP contribution >= 0.6 is 0 Å². The first-order valence-electron chi connectivity index (χ1n) is 11.3. The zero-order valence-electron chi connectivity index (χ0n) is 18.4. The van der Waals surface area contributed by atoms with E-state index in [-0.39, 0.29) is 30.2 Å². The van der Waals surface area contributed by atoms with Crippen molar-refractivity contribution in [2.45, 2.75) is 43.9 Å². The van der Waals surface area contributed by atoms with E-state index >= 15 is 0 Å². The number of carbonyl (C=O) groups excluding carboxylic acids is 2. The van der Waals surface area contributed by atoms with Crippen LogP contribution in [0.3, 0.4) is 0 Å². The van der Waals surface area contributed by atoms with Crippen LogP contribution in [0.5, 0.6) is 0 Å². The van der Waals surface area contributed by atoms with Gasteiger partial charge in [-0.1, -0.05) is 43.2 Å². The van der Waals surface area contributed by atoms with Crippen LogP contribution in [0, 0.1) is 5.82 Å². The molecule has 4 rings (SSSR count). The lowest BCUT2D eigenvalue weighted by atomic mass is 9.95. The number of hydrogen-bond acceptors (Lipinski definition) is 4. The van der Waals surface area contributed by atoms with Crippen molar-refractivity contribution in [2.75, 3.05) is 32.1 Å². The molecule has 1 saturated heterocycles. The van der Waals surface area contributed by atoms with Crippen molar-refractivity contribution in [1.82, 2.24) is 9.80 Å². The summed E-state index contributed by atoms with van der Waals surface area (Å²) in [5, 5.41) is 2.70. The summed E-state index contributed by atoms with van der Waals surface area (Å²) in [6.45, 7) is 1.18. The first kappa shape index (κ1) is 22.4. The Balaban J connectivity index is 1.48. The van der Waals surface area contributed by atoms with Gasteiger partial charge in [-0.2, -0.15) is 0 Å². The van der Waals surface area contributed by atoms with Gasteiger partial charge in [0.15, 0.2) is 6.10 Å². The van der Waals surface area contributed by atoms with Gasteiger partial charge in [0.25, 0.3) is 5.91 Å². The fourth-order valence-electron chi connectivity index (χ4n) is 4.80. The number of ether oxygens (including phenoxy) is 1. The van der Waals surface area contributed by atoms with Crippen molar-refractivity contribution in [2.24, 2.45) is 0 Å². The molecule has 0 spiro atoms. The molecule has 1 N–H and O–H groups in total. The smallest absolute Gasteiger partial charge is 0.253 e. The zero-order valence-corrected chi connectivity index (χ0v) is 18.4. The van der Waals surface area contributed by atoms with Crippen LogP contribution in [0.15, 0.2) is 54.6 Å². The lowest BCUT2D eigenvalue weighted by molar-refractivity contribution is -0.158. The van der Waals surface area contributed by atoms with Gasteiger partial charge in [0, 0.05) is 25.3 Å². The second-order valence-corrected chi connectivity index (χ2v) is 8.57. The van der Waals surface area contributed by atoms with Crippen molar-refractivity contribution < 1.29 is 18.7 Å². The first-order valence-corrected chi connectivity index (χ1v) is 11.3. The Labute approximate surface area is 188 Å². The Morgan fingerprint density at radius 1 is 1.09 bits per heavy atom. The zero-order chi connectivity index (χ0) is 22.5. The maximum absolute atomic E-state index is 13.4. The number of benzene rings is 2. The second kappa shape index (κ2) is 10.2. The number of nitrogens with zero attached hydrogens (tertiary/aromatic N) is 2. The Bertz CT molecular complexity index is 916. The maximum atomic E-state index is 13.4. The molecule has 32 heavy (non-hydrogen) atoms. The van der Waals surface area contributed by atoms with Gasteiger partial charge < -0.3 is 15.0 Å². The van der Waals surface area contributed by atoms with E-state index in [1.807, 2.05) is 30.3 Å². The molecule has 2 aliphatic rings. The van der Waals surface area contributed by atoms with Crippen LogP contribution < -0.4 is 5.32 Å². The van der Waals surface area contributed by atoms with Crippen molar-refractivity contribution in [1.29, 1.82) is 0 Å². The van der Waals surface area contributed by atoms with E-state index < -0.39 is 6.10 Å². The van der Waals surface area contributed by atoms with Crippen LogP contribution in [0.25, 0.3) is 0 Å². The highest BCUT2D eigenvalue weighted by atomic mass is 19.1. The maximum Gasteiger partial charge on any atom is 0.253 e. The molecule has 7 heteroatoms. The number of rotatable bonds is 6. The molecule has 2 amide bonds. The summed E-state index contributed by atoms with van der Waals surface area (Å²) < 4.78 is 19.1. The second-order valence-electron chi connectivity index (χ2n) is 8.57. The van der Waals surface area contributed by atoms with Crippen molar-refractivity contribution in [3.63, 3.8) is 0 Å². The van der Waals surface area contributed by atoms with Crippen LogP contribution in [0.1, 0.15) is 37.3 Å². The van der Waals surface area contributed by atoms with Gasteiger partial charge in [0.1, 0.15) is 5.82 Å². The molecule has 0 radical (unpaired) electrons. The van der Waals surface area contributed by atoms with Crippen LogP contribution in [0.2, 0.25) is 0 Å². The minimum atomic E-state index is -0.671. The van der Waals surface area contributed by atoms with Gasteiger partial charge in [0.05, 0.1) is 19.2 Å².